The smallest absolute Gasteiger partial charge is 0.410 e. The van der Waals surface area contributed by atoms with Gasteiger partial charge in [0.1, 0.15) is 18.0 Å². The first kappa shape index (κ1) is 20.3. The maximum absolute atomic E-state index is 12.2. The zero-order chi connectivity index (χ0) is 17.9. The van der Waals surface area contributed by atoms with Gasteiger partial charge in [0, 0.05) is 25.9 Å². The lowest BCUT2D eigenvalue weighted by atomic mass is 9.91. The van der Waals surface area contributed by atoms with Crippen molar-refractivity contribution in [2.24, 2.45) is 5.73 Å². The van der Waals surface area contributed by atoms with Gasteiger partial charge in [0.25, 0.3) is 0 Å². The summed E-state index contributed by atoms with van der Waals surface area (Å²) in [5.74, 6) is 0.736. The van der Waals surface area contributed by atoms with Crippen molar-refractivity contribution < 1.29 is 19.1 Å². The number of nitrogens with zero attached hydrogens (tertiary/aromatic N) is 2. The van der Waals surface area contributed by atoms with E-state index in [0.29, 0.717) is 45.6 Å². The molecule has 2 heterocycles. The molecule has 0 aliphatic carbocycles. The number of para-hydroxylation sites is 1. The van der Waals surface area contributed by atoms with Crippen LogP contribution in [0.4, 0.5) is 4.79 Å². The summed E-state index contributed by atoms with van der Waals surface area (Å²) in [7, 11) is 0. The minimum absolute atomic E-state index is 0. The molecule has 0 aromatic heterocycles. The zero-order valence-corrected chi connectivity index (χ0v) is 15.7. The Morgan fingerprint density at radius 2 is 1.96 bits per heavy atom. The van der Waals surface area contributed by atoms with Crippen molar-refractivity contribution >= 4 is 24.4 Å². The number of nitrogens with two attached hydrogens (primary N) is 1. The number of rotatable bonds is 5. The van der Waals surface area contributed by atoms with Crippen LogP contribution < -0.4 is 10.5 Å². The summed E-state index contributed by atoms with van der Waals surface area (Å²) in [4.78, 5) is 27.6. The second kappa shape index (κ2) is 8.60. The Kier molecular flexibility index (Phi) is 6.72. The van der Waals surface area contributed by atoms with Crippen LogP contribution in [0, 0.1) is 0 Å². The summed E-state index contributed by atoms with van der Waals surface area (Å²) >= 11 is 0. The first-order valence-electron chi connectivity index (χ1n) is 8.69. The average Bonchev–Trinajstić information content (AvgIpc) is 2.91. The fourth-order valence-corrected chi connectivity index (χ4v) is 3.34. The molecule has 7 nitrogen and oxygen atoms in total. The van der Waals surface area contributed by atoms with E-state index in [9.17, 15) is 9.59 Å². The number of carbonyl (C=O) groups is 2. The summed E-state index contributed by atoms with van der Waals surface area (Å²) in [5, 5.41) is 0. The molecule has 1 atom stereocenters. The summed E-state index contributed by atoms with van der Waals surface area (Å²) in [6.45, 7) is 4.29. The number of likely N-dealkylation sites (tertiary alicyclic amines) is 1. The molecule has 0 saturated carbocycles. The van der Waals surface area contributed by atoms with Crippen molar-refractivity contribution in [1.82, 2.24) is 9.80 Å². The molecule has 144 valence electrons. The molecule has 26 heavy (non-hydrogen) atoms. The van der Waals surface area contributed by atoms with E-state index < -0.39 is 11.6 Å². The molecule has 2 saturated heterocycles. The standard InChI is InChI=1S/C18H25N3O4.ClH/c1-14(19)16(22)20-9-7-18(8-10-20)13-21(17(23)25-18)11-12-24-15-5-3-2-4-6-15;/h2-6,14H,7-13,19H2,1H3;1H/t14-;/m1./s1. The minimum atomic E-state index is -0.494. The van der Waals surface area contributed by atoms with Crippen LogP contribution in [-0.4, -0.2) is 66.2 Å². The Morgan fingerprint density at radius 1 is 1.31 bits per heavy atom. The molecule has 0 bridgehead atoms. The van der Waals surface area contributed by atoms with E-state index in [2.05, 4.69) is 0 Å². The fraction of sp³-hybridized carbons (Fsp3) is 0.556. The predicted octanol–water partition coefficient (Wildman–Crippen LogP) is 1.65. The third-order valence-corrected chi connectivity index (χ3v) is 4.79. The number of piperidine rings is 1. The van der Waals surface area contributed by atoms with Crippen molar-refractivity contribution in [3.63, 3.8) is 0 Å². The second-order valence-corrected chi connectivity index (χ2v) is 6.75. The highest BCUT2D eigenvalue weighted by molar-refractivity contribution is 5.85. The van der Waals surface area contributed by atoms with E-state index in [1.54, 1.807) is 16.7 Å². The van der Waals surface area contributed by atoms with Crippen LogP contribution in [0.3, 0.4) is 0 Å². The van der Waals surface area contributed by atoms with Gasteiger partial charge in [-0.1, -0.05) is 18.2 Å². The van der Waals surface area contributed by atoms with Gasteiger partial charge in [0.15, 0.2) is 0 Å². The van der Waals surface area contributed by atoms with E-state index in [-0.39, 0.29) is 24.4 Å². The molecule has 2 amide bonds. The molecule has 2 fully saturated rings. The largest absolute Gasteiger partial charge is 0.492 e. The van der Waals surface area contributed by atoms with E-state index in [0.717, 1.165) is 5.75 Å². The lowest BCUT2D eigenvalue weighted by Crippen LogP contribution is -2.52. The normalized spacial score (nSPS) is 19.7. The van der Waals surface area contributed by atoms with Crippen molar-refractivity contribution in [3.8, 4) is 5.75 Å². The Balaban J connectivity index is 0.00000243. The molecule has 0 unspecified atom stereocenters. The maximum Gasteiger partial charge on any atom is 0.410 e. The molecule has 1 aromatic rings. The van der Waals surface area contributed by atoms with Crippen molar-refractivity contribution in [2.45, 2.75) is 31.4 Å². The first-order chi connectivity index (χ1) is 12.0. The van der Waals surface area contributed by atoms with Crippen LogP contribution in [0.15, 0.2) is 30.3 Å². The van der Waals surface area contributed by atoms with Crippen molar-refractivity contribution in [1.29, 1.82) is 0 Å². The molecule has 0 radical (unpaired) electrons. The van der Waals surface area contributed by atoms with Crippen molar-refractivity contribution in [3.05, 3.63) is 30.3 Å². The van der Waals surface area contributed by atoms with Gasteiger partial charge in [-0.2, -0.15) is 0 Å². The Labute approximate surface area is 159 Å². The summed E-state index contributed by atoms with van der Waals surface area (Å²) in [6, 6.07) is 9.02. The van der Waals surface area contributed by atoms with Gasteiger partial charge in [0.2, 0.25) is 5.91 Å². The third-order valence-electron chi connectivity index (χ3n) is 4.79. The van der Waals surface area contributed by atoms with Gasteiger partial charge in [-0.05, 0) is 19.1 Å². The summed E-state index contributed by atoms with van der Waals surface area (Å²) < 4.78 is 11.3. The summed E-state index contributed by atoms with van der Waals surface area (Å²) in [6.07, 6.45) is 0.990. The van der Waals surface area contributed by atoms with Crippen LogP contribution in [0.2, 0.25) is 0 Å². The van der Waals surface area contributed by atoms with Gasteiger partial charge in [-0.15, -0.1) is 12.4 Å². The first-order valence-corrected chi connectivity index (χ1v) is 8.69. The number of ether oxygens (including phenoxy) is 2. The monoisotopic (exact) mass is 383 g/mol. The molecule has 1 aromatic carbocycles. The van der Waals surface area contributed by atoms with Crippen LogP contribution in [0.1, 0.15) is 19.8 Å². The van der Waals surface area contributed by atoms with Gasteiger partial charge < -0.3 is 25.0 Å². The zero-order valence-electron chi connectivity index (χ0n) is 14.9. The highest BCUT2D eigenvalue weighted by Crippen LogP contribution is 2.33. The van der Waals surface area contributed by atoms with Crippen LogP contribution in [0.25, 0.3) is 0 Å². The number of benzene rings is 1. The number of amides is 2. The van der Waals surface area contributed by atoms with E-state index in [1.165, 1.54) is 0 Å². The number of hydrogen-bond acceptors (Lipinski definition) is 5. The Morgan fingerprint density at radius 3 is 2.58 bits per heavy atom. The quantitative estimate of drug-likeness (QED) is 0.835. The van der Waals surface area contributed by atoms with Crippen LogP contribution in [-0.2, 0) is 9.53 Å². The van der Waals surface area contributed by atoms with Crippen molar-refractivity contribution in [2.75, 3.05) is 32.8 Å². The number of halogens is 1. The van der Waals surface area contributed by atoms with Gasteiger partial charge in [-0.3, -0.25) is 4.79 Å². The highest BCUT2D eigenvalue weighted by atomic mass is 35.5. The van der Waals surface area contributed by atoms with Crippen LogP contribution >= 0.6 is 12.4 Å². The third kappa shape index (κ3) is 4.59. The SMILES string of the molecule is C[C@@H](N)C(=O)N1CCC2(CC1)CN(CCOc1ccccc1)C(=O)O2.Cl. The molecule has 2 aliphatic rings. The maximum atomic E-state index is 12.2. The molecular formula is C18H26ClN3O4. The van der Waals surface area contributed by atoms with E-state index in [1.807, 2.05) is 30.3 Å². The average molecular weight is 384 g/mol. The second-order valence-electron chi connectivity index (χ2n) is 6.75. The predicted molar refractivity (Wildman–Crippen MR) is 99.4 cm³/mol. The molecule has 2 aliphatic heterocycles. The summed E-state index contributed by atoms with van der Waals surface area (Å²) in [5.41, 5.74) is 5.17. The van der Waals surface area contributed by atoms with Gasteiger partial charge in [0.05, 0.1) is 19.1 Å². The molecule has 2 N–H and O–H groups in total. The highest BCUT2D eigenvalue weighted by Gasteiger charge is 2.47. The van der Waals surface area contributed by atoms with Gasteiger partial charge >= 0.3 is 6.09 Å². The van der Waals surface area contributed by atoms with E-state index >= 15 is 0 Å². The Bertz CT molecular complexity index is 618. The molecule has 8 heteroatoms. The lowest BCUT2D eigenvalue weighted by molar-refractivity contribution is -0.135. The Hall–Kier alpha value is -1.99. The van der Waals surface area contributed by atoms with Crippen LogP contribution in [0.5, 0.6) is 5.75 Å². The minimum Gasteiger partial charge on any atom is -0.492 e. The fourth-order valence-electron chi connectivity index (χ4n) is 3.34. The molecular weight excluding hydrogens is 358 g/mol. The molecule has 3 rings (SSSR count). The molecule has 1 spiro atoms. The van der Waals surface area contributed by atoms with Gasteiger partial charge in [-0.25, -0.2) is 4.79 Å². The number of carbonyl (C=O) groups excluding carboxylic acids is 2. The number of hydrogen-bond donors (Lipinski definition) is 1. The van der Waals surface area contributed by atoms with E-state index in [4.69, 9.17) is 15.2 Å². The lowest BCUT2D eigenvalue weighted by Gasteiger charge is -2.38. The topological polar surface area (TPSA) is 85.1 Å².